The predicted molar refractivity (Wildman–Crippen MR) is 68.8 cm³/mol. The fraction of sp³-hybridized carbons (Fsp3) is 0.154. The first kappa shape index (κ1) is 12.5. The Hall–Kier alpha value is -1.94. The number of halogens is 1. The summed E-state index contributed by atoms with van der Waals surface area (Å²) in [6, 6.07) is 9.07. The number of rotatable bonds is 4. The molecule has 0 unspecified atom stereocenters. The molecule has 0 bridgehead atoms. The molecule has 0 atom stereocenters. The second kappa shape index (κ2) is 5.60. The Balaban J connectivity index is 2.07. The van der Waals surface area contributed by atoms with E-state index in [2.05, 4.69) is 10.1 Å². The van der Waals surface area contributed by atoms with Crippen LogP contribution in [0.5, 0.6) is 0 Å². The standard InChI is InChI=1S/C13H12ClNO3/c1-17-13(16)12-9(5-6-18-12)8-15-11-4-2-3-10(14)7-11/h2-7,15H,8H2,1H3. The molecular weight excluding hydrogens is 254 g/mol. The topological polar surface area (TPSA) is 51.5 Å². The minimum Gasteiger partial charge on any atom is -0.463 e. The Labute approximate surface area is 110 Å². The molecule has 94 valence electrons. The lowest BCUT2D eigenvalue weighted by Crippen LogP contribution is -2.06. The summed E-state index contributed by atoms with van der Waals surface area (Å²) in [7, 11) is 1.32. The van der Waals surface area contributed by atoms with Gasteiger partial charge in [-0.05, 0) is 24.3 Å². The molecule has 1 aromatic carbocycles. The van der Waals surface area contributed by atoms with Crippen LogP contribution < -0.4 is 5.32 Å². The van der Waals surface area contributed by atoms with E-state index in [1.54, 1.807) is 18.2 Å². The Kier molecular flexibility index (Phi) is 3.89. The molecule has 0 aliphatic rings. The number of nitrogens with one attached hydrogen (secondary N) is 1. The molecule has 2 rings (SSSR count). The van der Waals surface area contributed by atoms with E-state index >= 15 is 0 Å². The molecular formula is C13H12ClNO3. The van der Waals surface area contributed by atoms with E-state index in [4.69, 9.17) is 16.0 Å². The number of carbonyl (C=O) groups is 1. The maximum atomic E-state index is 11.4. The van der Waals surface area contributed by atoms with E-state index in [1.165, 1.54) is 13.4 Å². The highest BCUT2D eigenvalue weighted by atomic mass is 35.5. The van der Waals surface area contributed by atoms with Gasteiger partial charge in [0.2, 0.25) is 5.76 Å². The van der Waals surface area contributed by atoms with Crippen molar-refractivity contribution < 1.29 is 13.9 Å². The lowest BCUT2D eigenvalue weighted by atomic mass is 10.2. The fourth-order valence-corrected chi connectivity index (χ4v) is 1.73. The van der Waals surface area contributed by atoms with Crippen molar-refractivity contribution in [2.75, 3.05) is 12.4 Å². The summed E-state index contributed by atoms with van der Waals surface area (Å²) in [4.78, 5) is 11.4. The lowest BCUT2D eigenvalue weighted by Gasteiger charge is -2.06. The highest BCUT2D eigenvalue weighted by Gasteiger charge is 2.15. The largest absolute Gasteiger partial charge is 0.463 e. The molecule has 5 heteroatoms. The van der Waals surface area contributed by atoms with Gasteiger partial charge in [0.25, 0.3) is 0 Å². The van der Waals surface area contributed by atoms with Crippen LogP contribution in [-0.2, 0) is 11.3 Å². The molecule has 0 spiro atoms. The highest BCUT2D eigenvalue weighted by Crippen LogP contribution is 2.17. The third-order valence-corrected chi connectivity index (χ3v) is 2.66. The number of hydrogen-bond donors (Lipinski definition) is 1. The van der Waals surface area contributed by atoms with Crippen LogP contribution in [0.1, 0.15) is 16.1 Å². The van der Waals surface area contributed by atoms with Crippen molar-refractivity contribution in [3.8, 4) is 0 Å². The van der Waals surface area contributed by atoms with Crippen LogP contribution >= 0.6 is 11.6 Å². The summed E-state index contributed by atoms with van der Waals surface area (Å²) in [5.74, 6) is -0.269. The molecule has 0 radical (unpaired) electrons. The molecule has 4 nitrogen and oxygen atoms in total. The first-order valence-corrected chi connectivity index (χ1v) is 5.72. The van der Waals surface area contributed by atoms with Gasteiger partial charge in [0, 0.05) is 22.8 Å². The zero-order valence-electron chi connectivity index (χ0n) is 9.77. The Morgan fingerprint density at radius 3 is 3.00 bits per heavy atom. The summed E-state index contributed by atoms with van der Waals surface area (Å²) in [5.41, 5.74) is 1.61. The number of furan rings is 1. The van der Waals surface area contributed by atoms with Crippen LogP contribution in [0.15, 0.2) is 41.0 Å². The second-order valence-electron chi connectivity index (χ2n) is 3.63. The molecule has 1 heterocycles. The van der Waals surface area contributed by atoms with Gasteiger partial charge >= 0.3 is 5.97 Å². The van der Waals surface area contributed by atoms with Gasteiger partial charge in [-0.3, -0.25) is 0 Å². The molecule has 0 saturated heterocycles. The Morgan fingerprint density at radius 1 is 1.44 bits per heavy atom. The summed E-state index contributed by atoms with van der Waals surface area (Å²) in [6.45, 7) is 0.460. The van der Waals surface area contributed by atoms with E-state index in [9.17, 15) is 4.79 Å². The van der Waals surface area contributed by atoms with Gasteiger partial charge in [0.15, 0.2) is 0 Å². The Morgan fingerprint density at radius 2 is 2.28 bits per heavy atom. The van der Waals surface area contributed by atoms with Crippen LogP contribution in [0.3, 0.4) is 0 Å². The van der Waals surface area contributed by atoms with Gasteiger partial charge in [-0.15, -0.1) is 0 Å². The van der Waals surface area contributed by atoms with Gasteiger partial charge in [-0.1, -0.05) is 17.7 Å². The van der Waals surface area contributed by atoms with Crippen LogP contribution in [0, 0.1) is 0 Å². The normalized spacial score (nSPS) is 10.1. The smallest absolute Gasteiger partial charge is 0.374 e. The van der Waals surface area contributed by atoms with Crippen molar-refractivity contribution >= 4 is 23.3 Å². The van der Waals surface area contributed by atoms with Crippen molar-refractivity contribution in [3.63, 3.8) is 0 Å². The first-order chi connectivity index (χ1) is 8.70. The second-order valence-corrected chi connectivity index (χ2v) is 4.07. The molecule has 1 aromatic heterocycles. The summed E-state index contributed by atoms with van der Waals surface area (Å²) >= 11 is 5.88. The molecule has 1 N–H and O–H groups in total. The maximum Gasteiger partial charge on any atom is 0.374 e. The predicted octanol–water partition coefficient (Wildman–Crippen LogP) is 3.33. The molecule has 0 amide bonds. The number of esters is 1. The summed E-state index contributed by atoms with van der Waals surface area (Å²) in [6.07, 6.45) is 1.46. The molecule has 18 heavy (non-hydrogen) atoms. The van der Waals surface area contributed by atoms with E-state index in [0.29, 0.717) is 11.6 Å². The zero-order valence-corrected chi connectivity index (χ0v) is 10.5. The number of anilines is 1. The zero-order chi connectivity index (χ0) is 13.0. The SMILES string of the molecule is COC(=O)c1occc1CNc1cccc(Cl)c1. The minimum absolute atomic E-state index is 0.215. The number of carbonyl (C=O) groups excluding carboxylic acids is 1. The summed E-state index contributed by atoms with van der Waals surface area (Å²) < 4.78 is 9.71. The average molecular weight is 266 g/mol. The third-order valence-electron chi connectivity index (χ3n) is 2.43. The van der Waals surface area contributed by atoms with Crippen LogP contribution in [0.4, 0.5) is 5.69 Å². The molecule has 2 aromatic rings. The van der Waals surface area contributed by atoms with Gasteiger partial charge in [0.05, 0.1) is 13.4 Å². The number of methoxy groups -OCH3 is 1. The van der Waals surface area contributed by atoms with E-state index < -0.39 is 5.97 Å². The first-order valence-electron chi connectivity index (χ1n) is 5.35. The molecule has 0 saturated carbocycles. The van der Waals surface area contributed by atoms with Crippen LogP contribution in [-0.4, -0.2) is 13.1 Å². The molecule has 0 aliphatic carbocycles. The monoisotopic (exact) mass is 265 g/mol. The van der Waals surface area contributed by atoms with Crippen molar-refractivity contribution in [2.24, 2.45) is 0 Å². The number of ether oxygens (including phenoxy) is 1. The number of hydrogen-bond acceptors (Lipinski definition) is 4. The maximum absolute atomic E-state index is 11.4. The fourth-order valence-electron chi connectivity index (χ4n) is 1.54. The van der Waals surface area contributed by atoms with E-state index in [-0.39, 0.29) is 5.76 Å². The van der Waals surface area contributed by atoms with Gasteiger partial charge in [-0.25, -0.2) is 4.79 Å². The van der Waals surface area contributed by atoms with Gasteiger partial charge in [-0.2, -0.15) is 0 Å². The third kappa shape index (κ3) is 2.84. The quantitative estimate of drug-likeness (QED) is 0.862. The van der Waals surface area contributed by atoms with E-state index in [0.717, 1.165) is 11.3 Å². The van der Waals surface area contributed by atoms with E-state index in [1.807, 2.05) is 12.1 Å². The van der Waals surface area contributed by atoms with Crippen molar-refractivity contribution in [1.82, 2.24) is 0 Å². The minimum atomic E-state index is -0.483. The molecule has 0 aliphatic heterocycles. The summed E-state index contributed by atoms with van der Waals surface area (Å²) in [5, 5.41) is 3.81. The van der Waals surface area contributed by atoms with Crippen molar-refractivity contribution in [1.29, 1.82) is 0 Å². The average Bonchev–Trinajstić information content (AvgIpc) is 2.84. The number of benzene rings is 1. The van der Waals surface area contributed by atoms with Crippen LogP contribution in [0.25, 0.3) is 0 Å². The van der Waals surface area contributed by atoms with Crippen molar-refractivity contribution in [3.05, 3.63) is 52.9 Å². The molecule has 0 fully saturated rings. The van der Waals surface area contributed by atoms with Crippen LogP contribution in [0.2, 0.25) is 5.02 Å². The highest BCUT2D eigenvalue weighted by molar-refractivity contribution is 6.30. The van der Waals surface area contributed by atoms with Gasteiger partial charge < -0.3 is 14.5 Å². The lowest BCUT2D eigenvalue weighted by molar-refractivity contribution is 0.0563. The van der Waals surface area contributed by atoms with Gasteiger partial charge in [0.1, 0.15) is 0 Å². The Bertz CT molecular complexity index is 551. The van der Waals surface area contributed by atoms with Crippen molar-refractivity contribution in [2.45, 2.75) is 6.54 Å².